The second kappa shape index (κ2) is 10.1. The second-order valence-electron chi connectivity index (χ2n) is 10.0. The Morgan fingerprint density at radius 3 is 2.17 bits per heavy atom. The van der Waals surface area contributed by atoms with Crippen LogP contribution in [-0.4, -0.2) is 41.8 Å². The molecular formula is C28H32N2O5. The zero-order valence-electron chi connectivity index (χ0n) is 19.7. The smallest absolute Gasteiger partial charge is 0.407 e. The van der Waals surface area contributed by atoms with Crippen molar-refractivity contribution in [3.8, 4) is 11.1 Å². The molecule has 184 valence electrons. The SMILES string of the molecule is O=C(CC1CCCCC1NC(=O)OCC1c2ccccc2-c2ccccc21)NC(C(=O)O)C1CC1. The van der Waals surface area contributed by atoms with Crippen LogP contribution in [0.2, 0.25) is 0 Å². The van der Waals surface area contributed by atoms with Gasteiger partial charge in [-0.25, -0.2) is 9.59 Å². The summed E-state index contributed by atoms with van der Waals surface area (Å²) < 4.78 is 5.70. The van der Waals surface area contributed by atoms with Gasteiger partial charge in [0.1, 0.15) is 12.6 Å². The highest BCUT2D eigenvalue weighted by molar-refractivity contribution is 5.84. The van der Waals surface area contributed by atoms with Crippen LogP contribution in [0.5, 0.6) is 0 Å². The first-order chi connectivity index (χ1) is 17.0. The van der Waals surface area contributed by atoms with Gasteiger partial charge in [-0.2, -0.15) is 0 Å². The van der Waals surface area contributed by atoms with Gasteiger partial charge in [-0.05, 0) is 59.8 Å². The molecule has 2 fully saturated rings. The molecule has 0 aromatic heterocycles. The van der Waals surface area contributed by atoms with E-state index in [1.165, 1.54) is 11.1 Å². The molecule has 2 aromatic carbocycles. The van der Waals surface area contributed by atoms with E-state index in [2.05, 4.69) is 34.9 Å². The maximum Gasteiger partial charge on any atom is 0.407 e. The maximum absolute atomic E-state index is 12.8. The number of amides is 2. The monoisotopic (exact) mass is 476 g/mol. The molecule has 7 heteroatoms. The number of ether oxygens (including phenoxy) is 1. The molecule has 0 bridgehead atoms. The Morgan fingerprint density at radius 2 is 1.54 bits per heavy atom. The maximum atomic E-state index is 12.8. The number of hydrogen-bond donors (Lipinski definition) is 3. The predicted molar refractivity (Wildman–Crippen MR) is 131 cm³/mol. The number of carbonyl (C=O) groups is 3. The van der Waals surface area contributed by atoms with E-state index in [9.17, 15) is 19.5 Å². The summed E-state index contributed by atoms with van der Waals surface area (Å²) in [6.45, 7) is 0.249. The first-order valence-corrected chi connectivity index (χ1v) is 12.6. The summed E-state index contributed by atoms with van der Waals surface area (Å²) in [6.07, 6.45) is 5.00. The normalized spacial score (nSPS) is 21.9. The third-order valence-electron chi connectivity index (χ3n) is 7.68. The van der Waals surface area contributed by atoms with Crippen LogP contribution in [0.15, 0.2) is 48.5 Å². The molecule has 5 rings (SSSR count). The van der Waals surface area contributed by atoms with Crippen molar-refractivity contribution in [3.63, 3.8) is 0 Å². The number of rotatable bonds is 8. The van der Waals surface area contributed by atoms with Gasteiger partial charge in [0.05, 0.1) is 0 Å². The minimum atomic E-state index is -0.974. The Balaban J connectivity index is 1.17. The van der Waals surface area contributed by atoms with E-state index in [1.54, 1.807) is 0 Å². The van der Waals surface area contributed by atoms with Gasteiger partial charge in [-0.3, -0.25) is 4.79 Å². The Morgan fingerprint density at radius 1 is 0.914 bits per heavy atom. The highest BCUT2D eigenvalue weighted by Crippen LogP contribution is 2.44. The Labute approximate surface area is 205 Å². The van der Waals surface area contributed by atoms with Crippen LogP contribution in [0.4, 0.5) is 4.79 Å². The lowest BCUT2D eigenvalue weighted by Gasteiger charge is -2.32. The lowest BCUT2D eigenvalue weighted by molar-refractivity contribution is -0.142. The molecule has 2 amide bonds. The molecule has 0 radical (unpaired) electrons. The number of nitrogens with one attached hydrogen (secondary N) is 2. The summed E-state index contributed by atoms with van der Waals surface area (Å²) in [5.41, 5.74) is 4.69. The predicted octanol–water partition coefficient (Wildman–Crippen LogP) is 4.45. The van der Waals surface area contributed by atoms with Crippen molar-refractivity contribution >= 4 is 18.0 Å². The van der Waals surface area contributed by atoms with Gasteiger partial charge < -0.3 is 20.5 Å². The summed E-state index contributed by atoms with van der Waals surface area (Å²) in [6, 6.07) is 15.5. The number of carboxylic acid groups (broad SMARTS) is 1. The van der Waals surface area contributed by atoms with Crippen LogP contribution in [0.25, 0.3) is 11.1 Å². The molecule has 3 unspecified atom stereocenters. The topological polar surface area (TPSA) is 105 Å². The molecule has 0 saturated heterocycles. The lowest BCUT2D eigenvalue weighted by Crippen LogP contribution is -2.47. The largest absolute Gasteiger partial charge is 0.480 e. The van der Waals surface area contributed by atoms with Gasteiger partial charge in [0.15, 0.2) is 0 Å². The number of fused-ring (bicyclic) bond motifs is 3. The van der Waals surface area contributed by atoms with Gasteiger partial charge >= 0.3 is 12.1 Å². The second-order valence-corrected chi connectivity index (χ2v) is 10.0. The molecule has 0 spiro atoms. The fourth-order valence-corrected chi connectivity index (χ4v) is 5.71. The Kier molecular flexibility index (Phi) is 6.75. The van der Waals surface area contributed by atoms with Crippen molar-refractivity contribution in [2.75, 3.05) is 6.61 Å². The molecular weight excluding hydrogens is 444 g/mol. The molecule has 2 saturated carbocycles. The summed E-state index contributed by atoms with van der Waals surface area (Å²) in [5.74, 6) is -1.22. The summed E-state index contributed by atoms with van der Waals surface area (Å²) in [7, 11) is 0. The molecule has 3 aliphatic rings. The molecule has 3 N–H and O–H groups in total. The number of aliphatic carboxylic acids is 1. The molecule has 35 heavy (non-hydrogen) atoms. The van der Waals surface area contributed by atoms with E-state index in [0.29, 0.717) is 0 Å². The zero-order valence-corrected chi connectivity index (χ0v) is 19.7. The minimum Gasteiger partial charge on any atom is -0.480 e. The van der Waals surface area contributed by atoms with E-state index >= 15 is 0 Å². The van der Waals surface area contributed by atoms with E-state index in [1.807, 2.05) is 24.3 Å². The number of alkyl carbamates (subject to hydrolysis) is 1. The number of benzene rings is 2. The van der Waals surface area contributed by atoms with Crippen LogP contribution in [0.1, 0.15) is 62.0 Å². The van der Waals surface area contributed by atoms with Crippen molar-refractivity contribution in [1.29, 1.82) is 0 Å². The van der Waals surface area contributed by atoms with Crippen LogP contribution in [0.3, 0.4) is 0 Å². The van der Waals surface area contributed by atoms with Gasteiger partial charge in [-0.1, -0.05) is 61.4 Å². The fraction of sp³-hybridized carbons (Fsp3) is 0.464. The average Bonchev–Trinajstić information content (AvgIpc) is 3.65. The Hall–Kier alpha value is -3.35. The highest BCUT2D eigenvalue weighted by atomic mass is 16.5. The molecule has 3 atom stereocenters. The third-order valence-corrected chi connectivity index (χ3v) is 7.68. The molecule has 3 aliphatic carbocycles. The van der Waals surface area contributed by atoms with Crippen molar-refractivity contribution in [1.82, 2.24) is 10.6 Å². The van der Waals surface area contributed by atoms with Gasteiger partial charge in [0.2, 0.25) is 5.91 Å². The van der Waals surface area contributed by atoms with E-state index in [0.717, 1.165) is 49.7 Å². The third kappa shape index (κ3) is 5.19. The van der Waals surface area contributed by atoms with Gasteiger partial charge in [-0.15, -0.1) is 0 Å². The molecule has 0 heterocycles. The molecule has 2 aromatic rings. The van der Waals surface area contributed by atoms with E-state index in [-0.39, 0.29) is 42.7 Å². The van der Waals surface area contributed by atoms with Crippen LogP contribution >= 0.6 is 0 Å². The van der Waals surface area contributed by atoms with Crippen molar-refractivity contribution in [3.05, 3.63) is 59.7 Å². The standard InChI is InChI=1S/C28H32N2O5/c31-25(30-26(27(32)33)17-13-14-17)15-18-7-1-6-12-24(18)29-28(34)35-16-23-21-10-4-2-8-19(21)20-9-3-5-11-22(20)23/h2-5,8-11,17-18,23-24,26H,1,6-7,12-16H2,(H,29,34)(H,30,31)(H,32,33). The van der Waals surface area contributed by atoms with Crippen molar-refractivity contribution < 1.29 is 24.2 Å². The first-order valence-electron chi connectivity index (χ1n) is 12.6. The van der Waals surface area contributed by atoms with E-state index in [4.69, 9.17) is 4.74 Å². The minimum absolute atomic E-state index is 0.00328. The molecule has 7 nitrogen and oxygen atoms in total. The van der Waals surface area contributed by atoms with Crippen molar-refractivity contribution in [2.45, 2.75) is 62.9 Å². The fourth-order valence-electron chi connectivity index (χ4n) is 5.71. The van der Waals surface area contributed by atoms with Gasteiger partial charge in [0.25, 0.3) is 0 Å². The molecule has 0 aliphatic heterocycles. The number of carboxylic acids is 1. The highest BCUT2D eigenvalue weighted by Gasteiger charge is 2.38. The summed E-state index contributed by atoms with van der Waals surface area (Å²) in [5, 5.41) is 15.1. The number of carbonyl (C=O) groups excluding carboxylic acids is 2. The van der Waals surface area contributed by atoms with Crippen LogP contribution in [0, 0.1) is 11.8 Å². The zero-order chi connectivity index (χ0) is 24.4. The van der Waals surface area contributed by atoms with E-state index < -0.39 is 18.1 Å². The average molecular weight is 477 g/mol. The quantitative estimate of drug-likeness (QED) is 0.522. The van der Waals surface area contributed by atoms with Crippen LogP contribution in [-0.2, 0) is 14.3 Å². The van der Waals surface area contributed by atoms with Gasteiger partial charge in [0, 0.05) is 18.4 Å². The number of hydrogen-bond acceptors (Lipinski definition) is 4. The summed E-state index contributed by atoms with van der Waals surface area (Å²) >= 11 is 0. The Bertz CT molecular complexity index is 1070. The van der Waals surface area contributed by atoms with Crippen LogP contribution < -0.4 is 10.6 Å². The van der Waals surface area contributed by atoms with Crippen molar-refractivity contribution in [2.24, 2.45) is 11.8 Å². The lowest BCUT2D eigenvalue weighted by atomic mass is 9.82. The first kappa shape index (κ1) is 23.4. The summed E-state index contributed by atoms with van der Waals surface area (Å²) in [4.78, 5) is 36.8.